The zero-order valence-electron chi connectivity index (χ0n) is 11.9. The van der Waals surface area contributed by atoms with Gasteiger partial charge in [-0.25, -0.2) is 4.98 Å². The third kappa shape index (κ3) is 3.04. The van der Waals surface area contributed by atoms with E-state index in [0.29, 0.717) is 4.99 Å². The van der Waals surface area contributed by atoms with E-state index in [1.165, 1.54) is 0 Å². The zero-order valence-corrected chi connectivity index (χ0v) is 12.8. The lowest BCUT2D eigenvalue weighted by Crippen LogP contribution is -2.46. The molecule has 0 bridgehead atoms. The van der Waals surface area contributed by atoms with Gasteiger partial charge in [0, 0.05) is 18.8 Å². The Labute approximate surface area is 120 Å². The Morgan fingerprint density at radius 2 is 1.95 bits per heavy atom. The minimum absolute atomic E-state index is 0.186. The van der Waals surface area contributed by atoms with Crippen LogP contribution in [0.2, 0.25) is 0 Å². The third-order valence-electron chi connectivity index (χ3n) is 3.29. The van der Waals surface area contributed by atoms with Crippen molar-refractivity contribution in [2.24, 2.45) is 5.73 Å². The van der Waals surface area contributed by atoms with Gasteiger partial charge in [0.15, 0.2) is 0 Å². The van der Waals surface area contributed by atoms with Gasteiger partial charge in [0.25, 0.3) is 0 Å². The molecule has 0 aromatic carbocycles. The van der Waals surface area contributed by atoms with Crippen molar-refractivity contribution in [1.29, 1.82) is 0 Å². The number of ether oxygens (including phenoxy) is 1. The summed E-state index contributed by atoms with van der Waals surface area (Å²) in [6, 6.07) is 2.02. The first kappa shape index (κ1) is 14.2. The molecular weight excluding hydrogens is 258 g/mol. The van der Waals surface area contributed by atoms with Crippen LogP contribution in [0.15, 0.2) is 6.07 Å². The minimum Gasteiger partial charge on any atom is -0.389 e. The molecule has 2 unspecified atom stereocenters. The molecule has 1 aromatic rings. The van der Waals surface area contributed by atoms with E-state index in [0.717, 1.165) is 35.7 Å². The molecule has 1 aromatic heterocycles. The normalized spacial score (nSPS) is 23.5. The van der Waals surface area contributed by atoms with Crippen molar-refractivity contribution in [2.45, 2.75) is 39.9 Å². The largest absolute Gasteiger partial charge is 0.389 e. The molecule has 2 N–H and O–H groups in total. The second-order valence-electron chi connectivity index (χ2n) is 5.31. The van der Waals surface area contributed by atoms with Gasteiger partial charge in [-0.2, -0.15) is 0 Å². The molecule has 0 aliphatic carbocycles. The van der Waals surface area contributed by atoms with Crippen LogP contribution < -0.4 is 10.6 Å². The van der Waals surface area contributed by atoms with E-state index in [9.17, 15) is 0 Å². The van der Waals surface area contributed by atoms with Crippen molar-refractivity contribution in [3.8, 4) is 0 Å². The fourth-order valence-electron chi connectivity index (χ4n) is 2.70. The van der Waals surface area contributed by atoms with E-state index in [-0.39, 0.29) is 12.2 Å². The van der Waals surface area contributed by atoms with Crippen molar-refractivity contribution in [2.75, 3.05) is 18.0 Å². The number of nitrogens with zero attached hydrogens (tertiary/aromatic N) is 2. The van der Waals surface area contributed by atoms with Crippen LogP contribution in [0, 0.1) is 13.8 Å². The van der Waals surface area contributed by atoms with E-state index in [2.05, 4.69) is 23.7 Å². The van der Waals surface area contributed by atoms with E-state index in [1.54, 1.807) is 0 Å². The predicted octanol–water partition coefficient (Wildman–Crippen LogP) is 1.95. The molecule has 0 amide bonds. The van der Waals surface area contributed by atoms with Crippen LogP contribution in [0.25, 0.3) is 0 Å². The number of hydrogen-bond acceptors (Lipinski definition) is 4. The Hall–Kier alpha value is -1.20. The van der Waals surface area contributed by atoms with Crippen molar-refractivity contribution < 1.29 is 4.74 Å². The molecule has 0 radical (unpaired) electrons. The van der Waals surface area contributed by atoms with Gasteiger partial charge in [-0.15, -0.1) is 0 Å². The first-order valence-electron chi connectivity index (χ1n) is 6.57. The van der Waals surface area contributed by atoms with Crippen molar-refractivity contribution >= 4 is 23.0 Å². The van der Waals surface area contributed by atoms with Crippen LogP contribution in [0.4, 0.5) is 5.82 Å². The molecule has 104 valence electrons. The maximum absolute atomic E-state index is 5.87. The highest BCUT2D eigenvalue weighted by Crippen LogP contribution is 2.25. The summed E-state index contributed by atoms with van der Waals surface area (Å²) in [5, 5.41) is 0. The third-order valence-corrected chi connectivity index (χ3v) is 3.50. The van der Waals surface area contributed by atoms with Gasteiger partial charge < -0.3 is 15.4 Å². The number of rotatable bonds is 2. The lowest BCUT2D eigenvalue weighted by Gasteiger charge is -2.37. The van der Waals surface area contributed by atoms with E-state index in [1.807, 2.05) is 19.9 Å². The predicted molar refractivity (Wildman–Crippen MR) is 81.8 cm³/mol. The Morgan fingerprint density at radius 3 is 2.47 bits per heavy atom. The number of aromatic nitrogens is 1. The van der Waals surface area contributed by atoms with Crippen molar-refractivity contribution in [3.05, 3.63) is 22.9 Å². The summed E-state index contributed by atoms with van der Waals surface area (Å²) in [6.07, 6.45) is 0.371. The molecule has 1 aliphatic rings. The zero-order chi connectivity index (χ0) is 14.2. The molecule has 0 spiro atoms. The number of aryl methyl sites for hydroxylation is 2. The van der Waals surface area contributed by atoms with Crippen LogP contribution in [-0.4, -0.2) is 35.3 Å². The molecule has 2 atom stereocenters. The average molecular weight is 279 g/mol. The summed E-state index contributed by atoms with van der Waals surface area (Å²) in [5.74, 6) is 0.895. The number of nitrogens with two attached hydrogens (primary N) is 1. The van der Waals surface area contributed by atoms with Gasteiger partial charge in [-0.1, -0.05) is 12.2 Å². The van der Waals surface area contributed by atoms with Gasteiger partial charge >= 0.3 is 0 Å². The fraction of sp³-hybridized carbons (Fsp3) is 0.571. The SMILES string of the molecule is Cc1cc(C)c(C(N)=S)c(N2CC(C)OC(C)C2)n1. The summed E-state index contributed by atoms with van der Waals surface area (Å²) < 4.78 is 5.77. The maximum atomic E-state index is 5.87. The summed E-state index contributed by atoms with van der Waals surface area (Å²) >= 11 is 5.19. The standard InChI is InChI=1S/C14H21N3OS/c1-8-5-9(2)16-14(12(8)13(15)19)17-6-10(3)18-11(4)7-17/h5,10-11H,6-7H2,1-4H3,(H2,15,19). The van der Waals surface area contributed by atoms with Crippen LogP contribution in [0.1, 0.15) is 30.7 Å². The second-order valence-corrected chi connectivity index (χ2v) is 5.75. The molecule has 1 saturated heterocycles. The lowest BCUT2D eigenvalue weighted by atomic mass is 10.1. The number of morpholine rings is 1. The molecule has 0 saturated carbocycles. The number of pyridine rings is 1. The van der Waals surface area contributed by atoms with E-state index >= 15 is 0 Å². The Kier molecular flexibility index (Phi) is 4.06. The van der Waals surface area contributed by atoms with Crippen LogP contribution in [-0.2, 0) is 4.74 Å². The Balaban J connectivity index is 2.45. The Morgan fingerprint density at radius 1 is 1.37 bits per heavy atom. The maximum Gasteiger partial charge on any atom is 0.139 e. The second kappa shape index (κ2) is 5.43. The molecule has 4 nitrogen and oxygen atoms in total. The summed E-state index contributed by atoms with van der Waals surface area (Å²) in [7, 11) is 0. The summed E-state index contributed by atoms with van der Waals surface area (Å²) in [6.45, 7) is 9.80. The van der Waals surface area contributed by atoms with Gasteiger partial charge in [-0.3, -0.25) is 0 Å². The van der Waals surface area contributed by atoms with E-state index < -0.39 is 0 Å². The highest BCUT2D eigenvalue weighted by molar-refractivity contribution is 7.80. The molecule has 5 heteroatoms. The van der Waals surface area contributed by atoms with Gasteiger partial charge in [-0.05, 0) is 39.3 Å². The van der Waals surface area contributed by atoms with Gasteiger partial charge in [0.1, 0.15) is 10.8 Å². The summed E-state index contributed by atoms with van der Waals surface area (Å²) in [4.78, 5) is 7.29. The highest BCUT2D eigenvalue weighted by Gasteiger charge is 2.26. The molecular formula is C14H21N3OS. The topological polar surface area (TPSA) is 51.4 Å². The van der Waals surface area contributed by atoms with Crippen molar-refractivity contribution in [1.82, 2.24) is 4.98 Å². The van der Waals surface area contributed by atoms with Crippen LogP contribution in [0.5, 0.6) is 0 Å². The number of thiocarbonyl (C=S) groups is 1. The smallest absolute Gasteiger partial charge is 0.139 e. The van der Waals surface area contributed by atoms with Gasteiger partial charge in [0.2, 0.25) is 0 Å². The molecule has 19 heavy (non-hydrogen) atoms. The van der Waals surface area contributed by atoms with Crippen molar-refractivity contribution in [3.63, 3.8) is 0 Å². The monoisotopic (exact) mass is 279 g/mol. The first-order valence-corrected chi connectivity index (χ1v) is 6.97. The highest BCUT2D eigenvalue weighted by atomic mass is 32.1. The number of hydrogen-bond donors (Lipinski definition) is 1. The van der Waals surface area contributed by atoms with Gasteiger partial charge in [0.05, 0.1) is 17.8 Å². The first-order chi connectivity index (χ1) is 8.88. The number of anilines is 1. The quantitative estimate of drug-likeness (QED) is 0.839. The van der Waals surface area contributed by atoms with Crippen LogP contribution >= 0.6 is 12.2 Å². The average Bonchev–Trinajstić information content (AvgIpc) is 2.25. The molecule has 1 fully saturated rings. The van der Waals surface area contributed by atoms with E-state index in [4.69, 9.17) is 22.7 Å². The molecule has 2 rings (SSSR count). The lowest BCUT2D eigenvalue weighted by molar-refractivity contribution is -0.00547. The fourth-order valence-corrected chi connectivity index (χ4v) is 2.95. The summed E-state index contributed by atoms with van der Waals surface area (Å²) in [5.41, 5.74) is 8.84. The Bertz CT molecular complexity index is 494. The molecule has 1 aliphatic heterocycles. The molecule has 2 heterocycles. The van der Waals surface area contributed by atoms with Crippen LogP contribution in [0.3, 0.4) is 0 Å². The minimum atomic E-state index is 0.186.